The molecule has 0 aromatic heterocycles. The van der Waals surface area contributed by atoms with Crippen molar-refractivity contribution in [2.24, 2.45) is 5.92 Å². The molecule has 19 heavy (non-hydrogen) atoms. The van der Waals surface area contributed by atoms with Crippen LogP contribution in [0, 0.1) is 11.7 Å². The van der Waals surface area contributed by atoms with Crippen molar-refractivity contribution in [3.8, 4) is 5.75 Å². The molecule has 0 spiro atoms. The van der Waals surface area contributed by atoms with Gasteiger partial charge in [0.05, 0.1) is 6.61 Å². The molecule has 0 bridgehead atoms. The molecule has 0 atom stereocenters. The molecule has 0 saturated heterocycles. The van der Waals surface area contributed by atoms with E-state index in [-0.39, 0.29) is 0 Å². The molecule has 1 N–H and O–H groups in total. The second kappa shape index (κ2) is 7.56. The van der Waals surface area contributed by atoms with Gasteiger partial charge < -0.3 is 9.84 Å². The van der Waals surface area contributed by atoms with Crippen LogP contribution in [0.5, 0.6) is 5.75 Å². The van der Waals surface area contributed by atoms with Gasteiger partial charge in [-0.3, -0.25) is 0 Å². The fraction of sp³-hybridized carbons (Fsp3) is 0.400. The molecule has 0 aliphatic carbocycles. The maximum absolute atomic E-state index is 13.3. The number of aliphatic carboxylic acids is 1. The Morgan fingerprint density at radius 1 is 1.42 bits per heavy atom. The molecule has 3 nitrogen and oxygen atoms in total. The summed E-state index contributed by atoms with van der Waals surface area (Å²) in [6.07, 6.45) is 4.28. The molecule has 0 unspecified atom stereocenters. The Kier molecular flexibility index (Phi) is 6.06. The largest absolute Gasteiger partial charge is 0.493 e. The summed E-state index contributed by atoms with van der Waals surface area (Å²) in [5.41, 5.74) is 0.473. The minimum Gasteiger partial charge on any atom is -0.493 e. The van der Waals surface area contributed by atoms with Crippen molar-refractivity contribution in [1.29, 1.82) is 0 Å². The highest BCUT2D eigenvalue weighted by molar-refractivity contribution is 5.85. The smallest absolute Gasteiger partial charge is 0.328 e. The van der Waals surface area contributed by atoms with Gasteiger partial charge in [0, 0.05) is 12.1 Å². The van der Waals surface area contributed by atoms with Crippen molar-refractivity contribution in [2.75, 3.05) is 6.61 Å². The highest BCUT2D eigenvalue weighted by Crippen LogP contribution is 2.18. The van der Waals surface area contributed by atoms with E-state index in [0.717, 1.165) is 18.9 Å². The molecular weight excluding hydrogens is 247 g/mol. The van der Waals surface area contributed by atoms with Gasteiger partial charge in [-0.15, -0.1) is 0 Å². The normalized spacial score (nSPS) is 11.2. The van der Waals surface area contributed by atoms with Crippen LogP contribution >= 0.6 is 0 Å². The highest BCUT2D eigenvalue weighted by Gasteiger charge is 2.01. The summed E-state index contributed by atoms with van der Waals surface area (Å²) in [5, 5.41) is 8.53. The van der Waals surface area contributed by atoms with Crippen LogP contribution in [0.15, 0.2) is 24.3 Å². The fourth-order valence-electron chi connectivity index (χ4n) is 1.61. The zero-order valence-electron chi connectivity index (χ0n) is 11.2. The van der Waals surface area contributed by atoms with E-state index in [1.54, 1.807) is 6.07 Å². The molecule has 4 heteroatoms. The fourth-order valence-corrected chi connectivity index (χ4v) is 1.61. The van der Waals surface area contributed by atoms with Crippen molar-refractivity contribution < 1.29 is 19.0 Å². The lowest BCUT2D eigenvalue weighted by atomic mass is 10.1. The van der Waals surface area contributed by atoms with Crippen molar-refractivity contribution in [3.63, 3.8) is 0 Å². The monoisotopic (exact) mass is 266 g/mol. The van der Waals surface area contributed by atoms with E-state index < -0.39 is 11.8 Å². The number of carboxylic acid groups (broad SMARTS) is 1. The minimum absolute atomic E-state index is 0.425. The summed E-state index contributed by atoms with van der Waals surface area (Å²) in [6.45, 7) is 4.80. The number of rotatable bonds is 7. The number of ether oxygens (including phenoxy) is 1. The van der Waals surface area contributed by atoms with Crippen molar-refractivity contribution >= 4 is 12.0 Å². The second-order valence-electron chi connectivity index (χ2n) is 4.78. The molecule has 0 aliphatic rings. The molecule has 0 radical (unpaired) electrons. The predicted molar refractivity (Wildman–Crippen MR) is 72.6 cm³/mol. The average Bonchev–Trinajstić information content (AvgIpc) is 2.31. The molecule has 1 aromatic carbocycles. The zero-order valence-corrected chi connectivity index (χ0v) is 11.2. The summed E-state index contributed by atoms with van der Waals surface area (Å²) in [6, 6.07) is 4.19. The number of carbonyl (C=O) groups is 1. The van der Waals surface area contributed by atoms with Gasteiger partial charge in [-0.2, -0.15) is 0 Å². The van der Waals surface area contributed by atoms with E-state index in [0.29, 0.717) is 23.8 Å². The molecule has 0 fully saturated rings. The van der Waals surface area contributed by atoms with Crippen molar-refractivity contribution in [3.05, 3.63) is 35.7 Å². The van der Waals surface area contributed by atoms with Gasteiger partial charge in [0.25, 0.3) is 0 Å². The summed E-state index contributed by atoms with van der Waals surface area (Å²) in [5.74, 6) is -0.464. The zero-order chi connectivity index (χ0) is 14.3. The van der Waals surface area contributed by atoms with Crippen LogP contribution in [0.1, 0.15) is 32.3 Å². The van der Waals surface area contributed by atoms with Gasteiger partial charge in [0.2, 0.25) is 0 Å². The van der Waals surface area contributed by atoms with E-state index in [1.165, 1.54) is 18.2 Å². The Balaban J connectivity index is 2.61. The number of hydrogen-bond donors (Lipinski definition) is 1. The Bertz CT molecular complexity index is 453. The van der Waals surface area contributed by atoms with Gasteiger partial charge in [-0.1, -0.05) is 13.8 Å². The number of benzene rings is 1. The van der Waals surface area contributed by atoms with Gasteiger partial charge in [-0.25, -0.2) is 9.18 Å². The van der Waals surface area contributed by atoms with Crippen LogP contribution in [0.25, 0.3) is 6.08 Å². The van der Waals surface area contributed by atoms with Crippen LogP contribution in [0.4, 0.5) is 4.39 Å². The third-order valence-corrected chi connectivity index (χ3v) is 2.51. The van der Waals surface area contributed by atoms with Gasteiger partial charge in [-0.05, 0) is 42.5 Å². The Morgan fingerprint density at radius 3 is 2.79 bits per heavy atom. The molecule has 0 aliphatic heterocycles. The molecule has 1 aromatic rings. The number of hydrogen-bond acceptors (Lipinski definition) is 2. The van der Waals surface area contributed by atoms with Crippen LogP contribution in [-0.4, -0.2) is 17.7 Å². The van der Waals surface area contributed by atoms with Gasteiger partial charge in [0.15, 0.2) is 0 Å². The van der Waals surface area contributed by atoms with Crippen molar-refractivity contribution in [2.45, 2.75) is 26.7 Å². The first kappa shape index (κ1) is 15.2. The average molecular weight is 266 g/mol. The standard InChI is InChI=1S/C15H19FO3/c1-11(2)4-3-7-19-14-9-12(5-6-15(17)18)8-13(16)10-14/h5-6,8-11H,3-4,7H2,1-2H3,(H,17,18)/b6-5+. The molecule has 0 heterocycles. The SMILES string of the molecule is CC(C)CCCOc1cc(F)cc(/C=C/C(=O)O)c1. The molecule has 0 amide bonds. The lowest BCUT2D eigenvalue weighted by molar-refractivity contribution is -0.131. The molecule has 104 valence electrons. The summed E-state index contributed by atoms with van der Waals surface area (Å²) in [4.78, 5) is 10.4. The second-order valence-corrected chi connectivity index (χ2v) is 4.78. The maximum Gasteiger partial charge on any atom is 0.328 e. The first-order chi connectivity index (χ1) is 8.97. The Labute approximate surface area is 112 Å². The quantitative estimate of drug-likeness (QED) is 0.604. The van der Waals surface area contributed by atoms with Crippen LogP contribution < -0.4 is 4.74 Å². The minimum atomic E-state index is -1.07. The van der Waals surface area contributed by atoms with Gasteiger partial charge in [0.1, 0.15) is 11.6 Å². The van der Waals surface area contributed by atoms with Gasteiger partial charge >= 0.3 is 5.97 Å². The van der Waals surface area contributed by atoms with E-state index in [9.17, 15) is 9.18 Å². The lowest BCUT2D eigenvalue weighted by Gasteiger charge is -2.08. The van der Waals surface area contributed by atoms with E-state index in [1.807, 2.05) is 0 Å². The van der Waals surface area contributed by atoms with E-state index in [2.05, 4.69) is 13.8 Å². The van der Waals surface area contributed by atoms with Crippen LogP contribution in [0.2, 0.25) is 0 Å². The summed E-state index contributed by atoms with van der Waals surface area (Å²) < 4.78 is 18.8. The first-order valence-electron chi connectivity index (χ1n) is 6.32. The molecular formula is C15H19FO3. The third-order valence-electron chi connectivity index (χ3n) is 2.51. The first-order valence-corrected chi connectivity index (χ1v) is 6.32. The number of carboxylic acids is 1. The topological polar surface area (TPSA) is 46.5 Å². The maximum atomic E-state index is 13.3. The summed E-state index contributed by atoms with van der Waals surface area (Å²) in [7, 11) is 0. The van der Waals surface area contributed by atoms with Crippen molar-refractivity contribution in [1.82, 2.24) is 0 Å². The molecule has 0 saturated carbocycles. The Hall–Kier alpha value is -1.84. The van der Waals surface area contributed by atoms with E-state index in [4.69, 9.17) is 9.84 Å². The Morgan fingerprint density at radius 2 is 2.16 bits per heavy atom. The van der Waals surface area contributed by atoms with Crippen LogP contribution in [-0.2, 0) is 4.79 Å². The molecule has 1 rings (SSSR count). The van der Waals surface area contributed by atoms with E-state index >= 15 is 0 Å². The predicted octanol–water partition coefficient (Wildman–Crippen LogP) is 3.74. The third kappa shape index (κ3) is 6.60. The lowest BCUT2D eigenvalue weighted by Crippen LogP contribution is -2.00. The van der Waals surface area contributed by atoms with Crippen LogP contribution in [0.3, 0.4) is 0 Å². The highest BCUT2D eigenvalue weighted by atomic mass is 19.1. The summed E-state index contributed by atoms with van der Waals surface area (Å²) >= 11 is 0. The number of halogens is 1.